The lowest BCUT2D eigenvalue weighted by molar-refractivity contribution is -0.123. The Balaban J connectivity index is 1.78. The van der Waals surface area contributed by atoms with Gasteiger partial charge in [0.05, 0.1) is 0 Å². The molecule has 0 radical (unpaired) electrons. The van der Waals surface area contributed by atoms with E-state index in [1.165, 1.54) is 5.56 Å². The highest BCUT2D eigenvalue weighted by Crippen LogP contribution is 2.21. The molecule has 0 saturated heterocycles. The van der Waals surface area contributed by atoms with Crippen LogP contribution in [0, 0.1) is 13.8 Å². The van der Waals surface area contributed by atoms with E-state index in [1.54, 1.807) is 24.8 Å². The number of nitrogens with one attached hydrogen (secondary N) is 2. The molecule has 1 aromatic carbocycles. The molecule has 27 heavy (non-hydrogen) atoms. The standard InChI is InChI=1S/C22H24N4O/c1-16-5-3-7-20(17(16)2)21(25-14-18-8-11-23-12-9-18)22(27)26-15-19-6-4-10-24-13-19/h3-13,21,25H,14-15H2,1-2H3,(H,26,27). The fraction of sp³-hybridized carbons (Fsp3) is 0.227. The molecule has 1 unspecified atom stereocenters. The first-order valence-corrected chi connectivity index (χ1v) is 9.00. The van der Waals surface area contributed by atoms with Gasteiger partial charge in [0, 0.05) is 37.9 Å². The predicted octanol–water partition coefficient (Wildman–Crippen LogP) is 3.24. The van der Waals surface area contributed by atoms with Gasteiger partial charge in [-0.2, -0.15) is 0 Å². The zero-order chi connectivity index (χ0) is 19.1. The van der Waals surface area contributed by atoms with Crippen molar-refractivity contribution in [3.05, 3.63) is 95.1 Å². The van der Waals surface area contributed by atoms with Crippen molar-refractivity contribution in [3.63, 3.8) is 0 Å². The Hall–Kier alpha value is -3.05. The lowest BCUT2D eigenvalue weighted by Gasteiger charge is -2.21. The summed E-state index contributed by atoms with van der Waals surface area (Å²) in [6.45, 7) is 5.15. The summed E-state index contributed by atoms with van der Waals surface area (Å²) >= 11 is 0. The normalized spacial score (nSPS) is 11.8. The highest BCUT2D eigenvalue weighted by Gasteiger charge is 2.22. The molecule has 1 atom stereocenters. The van der Waals surface area contributed by atoms with Crippen molar-refractivity contribution in [1.82, 2.24) is 20.6 Å². The van der Waals surface area contributed by atoms with Crippen LogP contribution in [0.3, 0.4) is 0 Å². The molecule has 0 aliphatic heterocycles. The highest BCUT2D eigenvalue weighted by atomic mass is 16.2. The van der Waals surface area contributed by atoms with Crippen LogP contribution in [0.1, 0.15) is 33.9 Å². The predicted molar refractivity (Wildman–Crippen MR) is 106 cm³/mol. The molecule has 0 aliphatic rings. The summed E-state index contributed by atoms with van der Waals surface area (Å²) < 4.78 is 0. The van der Waals surface area contributed by atoms with Crippen LogP contribution in [0.2, 0.25) is 0 Å². The quantitative estimate of drug-likeness (QED) is 0.679. The summed E-state index contributed by atoms with van der Waals surface area (Å²) in [6.07, 6.45) is 7.00. The molecule has 3 rings (SSSR count). The fourth-order valence-electron chi connectivity index (χ4n) is 2.94. The minimum Gasteiger partial charge on any atom is -0.350 e. The van der Waals surface area contributed by atoms with Gasteiger partial charge in [0.2, 0.25) is 5.91 Å². The average Bonchev–Trinajstić information content (AvgIpc) is 2.71. The summed E-state index contributed by atoms with van der Waals surface area (Å²) in [5, 5.41) is 6.43. The second-order valence-corrected chi connectivity index (χ2v) is 6.54. The molecule has 0 aliphatic carbocycles. The van der Waals surface area contributed by atoms with Crippen molar-refractivity contribution >= 4 is 5.91 Å². The maximum absolute atomic E-state index is 13.0. The molecule has 0 fully saturated rings. The second-order valence-electron chi connectivity index (χ2n) is 6.54. The topological polar surface area (TPSA) is 66.9 Å². The van der Waals surface area contributed by atoms with Crippen LogP contribution >= 0.6 is 0 Å². The number of benzene rings is 1. The van der Waals surface area contributed by atoms with Crippen LogP contribution in [0.5, 0.6) is 0 Å². The first kappa shape index (κ1) is 18.7. The van der Waals surface area contributed by atoms with Gasteiger partial charge >= 0.3 is 0 Å². The van der Waals surface area contributed by atoms with Gasteiger partial charge in [0.1, 0.15) is 6.04 Å². The third-order valence-corrected chi connectivity index (χ3v) is 4.67. The third-order valence-electron chi connectivity index (χ3n) is 4.67. The minimum atomic E-state index is -0.435. The van der Waals surface area contributed by atoms with E-state index in [1.807, 2.05) is 36.4 Å². The van der Waals surface area contributed by atoms with Crippen LogP contribution in [0.15, 0.2) is 67.3 Å². The van der Waals surface area contributed by atoms with Crippen molar-refractivity contribution in [1.29, 1.82) is 0 Å². The van der Waals surface area contributed by atoms with Gasteiger partial charge in [-0.25, -0.2) is 0 Å². The number of nitrogens with zero attached hydrogens (tertiary/aromatic N) is 2. The lowest BCUT2D eigenvalue weighted by Crippen LogP contribution is -2.37. The zero-order valence-electron chi connectivity index (χ0n) is 15.6. The van der Waals surface area contributed by atoms with Gasteiger partial charge in [-0.3, -0.25) is 20.1 Å². The van der Waals surface area contributed by atoms with E-state index in [4.69, 9.17) is 0 Å². The Morgan fingerprint density at radius 1 is 0.926 bits per heavy atom. The van der Waals surface area contributed by atoms with Gasteiger partial charge in [-0.1, -0.05) is 24.3 Å². The van der Waals surface area contributed by atoms with Crippen LogP contribution in [-0.2, 0) is 17.9 Å². The fourth-order valence-corrected chi connectivity index (χ4v) is 2.94. The molecule has 1 amide bonds. The van der Waals surface area contributed by atoms with E-state index in [-0.39, 0.29) is 5.91 Å². The number of rotatable bonds is 7. The number of hydrogen-bond acceptors (Lipinski definition) is 4. The van der Waals surface area contributed by atoms with Gasteiger partial charge < -0.3 is 5.32 Å². The van der Waals surface area contributed by atoms with Gasteiger partial charge in [0.15, 0.2) is 0 Å². The van der Waals surface area contributed by atoms with E-state index in [0.717, 1.165) is 22.3 Å². The zero-order valence-corrected chi connectivity index (χ0v) is 15.6. The van der Waals surface area contributed by atoms with Crippen LogP contribution in [0.25, 0.3) is 0 Å². The Morgan fingerprint density at radius 2 is 1.74 bits per heavy atom. The van der Waals surface area contributed by atoms with Crippen LogP contribution in [0.4, 0.5) is 0 Å². The summed E-state index contributed by atoms with van der Waals surface area (Å²) in [7, 11) is 0. The van der Waals surface area contributed by atoms with Crippen molar-refractivity contribution in [2.45, 2.75) is 33.0 Å². The number of amides is 1. The number of aryl methyl sites for hydroxylation is 1. The minimum absolute atomic E-state index is 0.0541. The Bertz CT molecular complexity index is 881. The molecule has 5 nitrogen and oxygen atoms in total. The molecular weight excluding hydrogens is 336 g/mol. The average molecular weight is 360 g/mol. The van der Waals surface area contributed by atoms with E-state index >= 15 is 0 Å². The molecular formula is C22H24N4O. The second kappa shape index (κ2) is 9.05. The Morgan fingerprint density at radius 3 is 2.48 bits per heavy atom. The number of carbonyl (C=O) groups excluding carboxylic acids is 1. The van der Waals surface area contributed by atoms with Crippen LogP contribution in [-0.4, -0.2) is 15.9 Å². The molecule has 5 heteroatoms. The SMILES string of the molecule is Cc1cccc(C(NCc2ccncc2)C(=O)NCc2cccnc2)c1C. The van der Waals surface area contributed by atoms with Gasteiger partial charge in [0.25, 0.3) is 0 Å². The number of pyridine rings is 2. The van der Waals surface area contributed by atoms with Crippen molar-refractivity contribution in [2.24, 2.45) is 0 Å². The van der Waals surface area contributed by atoms with E-state index in [9.17, 15) is 4.79 Å². The van der Waals surface area contributed by atoms with E-state index < -0.39 is 6.04 Å². The molecule has 0 saturated carbocycles. The summed E-state index contributed by atoms with van der Waals surface area (Å²) in [4.78, 5) is 21.1. The molecule has 2 N–H and O–H groups in total. The largest absolute Gasteiger partial charge is 0.350 e. The Kier molecular flexibility index (Phi) is 6.28. The first-order valence-electron chi connectivity index (χ1n) is 9.00. The number of carbonyl (C=O) groups is 1. The molecule has 2 heterocycles. The maximum atomic E-state index is 13.0. The first-order chi connectivity index (χ1) is 13.1. The van der Waals surface area contributed by atoms with Crippen molar-refractivity contribution in [2.75, 3.05) is 0 Å². The molecule has 0 spiro atoms. The molecule has 2 aromatic heterocycles. The van der Waals surface area contributed by atoms with E-state index in [2.05, 4.69) is 40.5 Å². The number of hydrogen-bond donors (Lipinski definition) is 2. The summed E-state index contributed by atoms with van der Waals surface area (Å²) in [6, 6.07) is 13.3. The van der Waals surface area contributed by atoms with Crippen LogP contribution < -0.4 is 10.6 Å². The maximum Gasteiger partial charge on any atom is 0.242 e. The monoisotopic (exact) mass is 360 g/mol. The smallest absolute Gasteiger partial charge is 0.242 e. The van der Waals surface area contributed by atoms with Crippen molar-refractivity contribution in [3.8, 4) is 0 Å². The molecule has 3 aromatic rings. The van der Waals surface area contributed by atoms with Gasteiger partial charge in [-0.05, 0) is 59.9 Å². The van der Waals surface area contributed by atoms with Gasteiger partial charge in [-0.15, -0.1) is 0 Å². The van der Waals surface area contributed by atoms with Crippen molar-refractivity contribution < 1.29 is 4.79 Å². The summed E-state index contributed by atoms with van der Waals surface area (Å²) in [5.74, 6) is -0.0541. The molecule has 138 valence electrons. The number of aromatic nitrogens is 2. The highest BCUT2D eigenvalue weighted by molar-refractivity contribution is 5.83. The summed E-state index contributed by atoms with van der Waals surface area (Å²) in [5.41, 5.74) is 5.34. The molecule has 0 bridgehead atoms. The lowest BCUT2D eigenvalue weighted by atomic mass is 9.96. The van der Waals surface area contributed by atoms with E-state index in [0.29, 0.717) is 13.1 Å². The Labute approximate surface area is 159 Å². The third kappa shape index (κ3) is 4.99.